The van der Waals surface area contributed by atoms with Gasteiger partial charge in [0.25, 0.3) is 0 Å². The van der Waals surface area contributed by atoms with E-state index in [1.54, 1.807) is 22.9 Å². The van der Waals surface area contributed by atoms with E-state index < -0.39 is 0 Å². The molecule has 1 saturated heterocycles. The lowest BCUT2D eigenvalue weighted by Gasteiger charge is -2.23. The summed E-state index contributed by atoms with van der Waals surface area (Å²) >= 11 is 0. The number of hydrogen-bond acceptors (Lipinski definition) is 5. The molecule has 0 radical (unpaired) electrons. The number of ether oxygens (including phenoxy) is 1. The molecule has 2 heterocycles. The molecule has 1 fully saturated rings. The lowest BCUT2D eigenvalue weighted by atomic mass is 10.1. The second kappa shape index (κ2) is 6.94. The van der Waals surface area contributed by atoms with Crippen molar-refractivity contribution in [3.05, 3.63) is 77.4 Å². The van der Waals surface area contributed by atoms with E-state index >= 15 is 0 Å². The SMILES string of the molecule is N#Cc1cccc(Cn2cc(C3OCCN3c3ccc(F)cc3)nn2)c1. The van der Waals surface area contributed by atoms with Crippen LogP contribution in [0.3, 0.4) is 0 Å². The lowest BCUT2D eigenvalue weighted by Crippen LogP contribution is -2.23. The Morgan fingerprint density at radius 3 is 2.88 bits per heavy atom. The number of rotatable bonds is 4. The summed E-state index contributed by atoms with van der Waals surface area (Å²) in [6.45, 7) is 1.79. The highest BCUT2D eigenvalue weighted by atomic mass is 19.1. The van der Waals surface area contributed by atoms with E-state index in [0.717, 1.165) is 11.3 Å². The summed E-state index contributed by atoms with van der Waals surface area (Å²) in [7, 11) is 0. The predicted octanol–water partition coefficient (Wildman–Crippen LogP) is 2.87. The molecular formula is C19H16FN5O. The molecular weight excluding hydrogens is 333 g/mol. The van der Waals surface area contributed by atoms with E-state index in [0.29, 0.717) is 31.0 Å². The van der Waals surface area contributed by atoms with Gasteiger partial charge in [0.15, 0.2) is 6.23 Å². The van der Waals surface area contributed by atoms with Crippen LogP contribution >= 0.6 is 0 Å². The van der Waals surface area contributed by atoms with Crippen molar-refractivity contribution in [3.63, 3.8) is 0 Å². The van der Waals surface area contributed by atoms with Gasteiger partial charge in [-0.2, -0.15) is 5.26 Å². The normalized spacial score (nSPS) is 16.6. The Balaban J connectivity index is 1.53. The fourth-order valence-electron chi connectivity index (χ4n) is 3.04. The highest BCUT2D eigenvalue weighted by Gasteiger charge is 2.29. The Morgan fingerprint density at radius 1 is 1.23 bits per heavy atom. The van der Waals surface area contributed by atoms with Crippen LogP contribution in [0.5, 0.6) is 0 Å². The standard InChI is InChI=1S/C19H16FN5O/c20-16-4-6-17(7-5-16)25-8-9-26-19(25)18-13-24(23-22-18)12-15-3-1-2-14(10-15)11-21/h1-7,10,13,19H,8-9,12H2. The van der Waals surface area contributed by atoms with Gasteiger partial charge in [0.05, 0.1) is 31.0 Å². The number of anilines is 1. The number of aromatic nitrogens is 3. The van der Waals surface area contributed by atoms with E-state index in [2.05, 4.69) is 16.4 Å². The van der Waals surface area contributed by atoms with Gasteiger partial charge >= 0.3 is 0 Å². The zero-order valence-corrected chi connectivity index (χ0v) is 13.9. The van der Waals surface area contributed by atoms with Gasteiger partial charge in [-0.15, -0.1) is 5.10 Å². The maximum Gasteiger partial charge on any atom is 0.177 e. The van der Waals surface area contributed by atoms with Gasteiger partial charge in [-0.3, -0.25) is 0 Å². The van der Waals surface area contributed by atoms with Gasteiger partial charge in [-0.05, 0) is 42.0 Å². The quantitative estimate of drug-likeness (QED) is 0.724. The largest absolute Gasteiger partial charge is 0.350 e. The molecule has 6 nitrogen and oxygen atoms in total. The second-order valence-corrected chi connectivity index (χ2v) is 6.05. The second-order valence-electron chi connectivity index (χ2n) is 6.05. The minimum atomic E-state index is -0.348. The molecule has 1 atom stereocenters. The summed E-state index contributed by atoms with van der Waals surface area (Å²) < 4.78 is 20.7. The molecule has 0 saturated carbocycles. The zero-order valence-electron chi connectivity index (χ0n) is 13.9. The molecule has 7 heteroatoms. The van der Waals surface area contributed by atoms with Crippen LogP contribution in [0, 0.1) is 17.1 Å². The third kappa shape index (κ3) is 3.27. The highest BCUT2D eigenvalue weighted by Crippen LogP contribution is 2.31. The molecule has 0 N–H and O–H groups in total. The first-order valence-electron chi connectivity index (χ1n) is 8.26. The van der Waals surface area contributed by atoms with Crippen LogP contribution in [-0.4, -0.2) is 28.1 Å². The van der Waals surface area contributed by atoms with Gasteiger partial charge in [0.2, 0.25) is 0 Å². The van der Waals surface area contributed by atoms with Crippen molar-refractivity contribution in [1.29, 1.82) is 5.26 Å². The Kier molecular flexibility index (Phi) is 4.33. The molecule has 0 bridgehead atoms. The first-order chi connectivity index (χ1) is 12.7. The number of hydrogen-bond donors (Lipinski definition) is 0. The van der Waals surface area contributed by atoms with Crippen molar-refractivity contribution in [2.75, 3.05) is 18.1 Å². The zero-order chi connectivity index (χ0) is 17.9. The maximum atomic E-state index is 13.2. The topological polar surface area (TPSA) is 67.0 Å². The summed E-state index contributed by atoms with van der Waals surface area (Å²) in [5.74, 6) is -0.268. The fourth-order valence-corrected chi connectivity index (χ4v) is 3.04. The summed E-state index contributed by atoms with van der Waals surface area (Å²) in [5, 5.41) is 17.4. The van der Waals surface area contributed by atoms with Crippen LogP contribution in [0.2, 0.25) is 0 Å². The Labute approximate surface area is 150 Å². The molecule has 2 aromatic carbocycles. The first kappa shape index (κ1) is 16.2. The molecule has 1 unspecified atom stereocenters. The van der Waals surface area contributed by atoms with E-state index in [1.807, 2.05) is 29.3 Å². The summed E-state index contributed by atoms with van der Waals surface area (Å²) in [5.41, 5.74) is 3.17. The molecule has 130 valence electrons. The molecule has 0 spiro atoms. The third-order valence-electron chi connectivity index (χ3n) is 4.26. The van der Waals surface area contributed by atoms with Crippen LogP contribution in [0.15, 0.2) is 54.7 Å². The monoisotopic (exact) mass is 349 g/mol. The molecule has 0 aliphatic carbocycles. The highest BCUT2D eigenvalue weighted by molar-refractivity contribution is 5.48. The van der Waals surface area contributed by atoms with Gasteiger partial charge < -0.3 is 9.64 Å². The minimum Gasteiger partial charge on any atom is -0.350 e. The lowest BCUT2D eigenvalue weighted by molar-refractivity contribution is 0.110. The molecule has 26 heavy (non-hydrogen) atoms. The smallest absolute Gasteiger partial charge is 0.177 e. The van der Waals surface area contributed by atoms with Crippen LogP contribution < -0.4 is 4.90 Å². The van der Waals surface area contributed by atoms with Gasteiger partial charge in [0.1, 0.15) is 11.5 Å². The van der Waals surface area contributed by atoms with Crippen LogP contribution in [0.4, 0.5) is 10.1 Å². The van der Waals surface area contributed by atoms with E-state index in [4.69, 9.17) is 10.00 Å². The van der Waals surface area contributed by atoms with E-state index in [1.165, 1.54) is 12.1 Å². The number of benzene rings is 2. The van der Waals surface area contributed by atoms with Gasteiger partial charge in [-0.1, -0.05) is 17.3 Å². The van der Waals surface area contributed by atoms with Gasteiger partial charge in [-0.25, -0.2) is 9.07 Å². The molecule has 1 aromatic heterocycles. The average Bonchev–Trinajstić information content (AvgIpc) is 3.32. The molecule has 1 aliphatic rings. The minimum absolute atomic E-state index is 0.268. The fraction of sp³-hybridized carbons (Fsp3) is 0.211. The first-order valence-corrected chi connectivity index (χ1v) is 8.26. The van der Waals surface area contributed by atoms with Crippen molar-refractivity contribution in [2.45, 2.75) is 12.8 Å². The van der Waals surface area contributed by atoms with Crippen LogP contribution in [-0.2, 0) is 11.3 Å². The predicted molar refractivity (Wildman–Crippen MR) is 92.7 cm³/mol. The van der Waals surface area contributed by atoms with E-state index in [-0.39, 0.29) is 12.0 Å². The summed E-state index contributed by atoms with van der Waals surface area (Å²) in [4.78, 5) is 2.03. The third-order valence-corrected chi connectivity index (χ3v) is 4.26. The van der Waals surface area contributed by atoms with E-state index in [9.17, 15) is 4.39 Å². The maximum absolute atomic E-state index is 13.2. The van der Waals surface area contributed by atoms with Crippen molar-refractivity contribution in [3.8, 4) is 6.07 Å². The van der Waals surface area contributed by atoms with Crippen molar-refractivity contribution in [1.82, 2.24) is 15.0 Å². The molecule has 0 amide bonds. The Hall–Kier alpha value is -3.24. The number of halogens is 1. The van der Waals surface area contributed by atoms with Crippen molar-refractivity contribution < 1.29 is 9.13 Å². The van der Waals surface area contributed by atoms with Gasteiger partial charge in [0, 0.05) is 12.2 Å². The van der Waals surface area contributed by atoms with Crippen LogP contribution in [0.1, 0.15) is 23.0 Å². The number of nitriles is 1. The molecule has 1 aliphatic heterocycles. The molecule has 3 aromatic rings. The van der Waals surface area contributed by atoms with Crippen molar-refractivity contribution >= 4 is 5.69 Å². The number of nitrogens with zero attached hydrogens (tertiary/aromatic N) is 5. The van der Waals surface area contributed by atoms with Crippen molar-refractivity contribution in [2.24, 2.45) is 0 Å². The van der Waals surface area contributed by atoms with Crippen LogP contribution in [0.25, 0.3) is 0 Å². The summed E-state index contributed by atoms with van der Waals surface area (Å²) in [6, 6.07) is 15.9. The summed E-state index contributed by atoms with van der Waals surface area (Å²) in [6.07, 6.45) is 1.49. The Morgan fingerprint density at radius 2 is 2.08 bits per heavy atom. The Bertz CT molecular complexity index is 947. The molecule has 4 rings (SSSR count). The average molecular weight is 349 g/mol.